The van der Waals surface area contributed by atoms with Crippen LogP contribution in [0.1, 0.15) is 38.7 Å². The average molecular weight is 538 g/mol. The zero-order valence-corrected chi connectivity index (χ0v) is 22.3. The van der Waals surface area contributed by atoms with Gasteiger partial charge in [0.05, 0.1) is 11.9 Å². The lowest BCUT2D eigenvalue weighted by Gasteiger charge is -2.31. The molecule has 0 aromatic heterocycles. The van der Waals surface area contributed by atoms with Crippen molar-refractivity contribution in [1.82, 2.24) is 10.2 Å². The summed E-state index contributed by atoms with van der Waals surface area (Å²) in [6, 6.07) is 11.4. The highest BCUT2D eigenvalue weighted by Crippen LogP contribution is 2.36. The molecule has 3 rings (SSSR count). The summed E-state index contributed by atoms with van der Waals surface area (Å²) in [5.41, 5.74) is 1.16. The van der Waals surface area contributed by atoms with Crippen LogP contribution in [0.5, 0.6) is 11.5 Å². The summed E-state index contributed by atoms with van der Waals surface area (Å²) in [6.45, 7) is 4.45. The molecular weight excluding hydrogens is 506 g/mol. The number of ether oxygens (including phenoxy) is 2. The van der Waals surface area contributed by atoms with E-state index in [4.69, 9.17) is 21.1 Å². The lowest BCUT2D eigenvalue weighted by atomic mass is 10.1. The number of carbonyl (C=O) groups excluding carboxylic acids is 2. The van der Waals surface area contributed by atoms with Crippen LogP contribution in [0.15, 0.2) is 42.5 Å². The number of amides is 2. The monoisotopic (exact) mass is 537 g/mol. The van der Waals surface area contributed by atoms with Gasteiger partial charge < -0.3 is 19.7 Å². The predicted octanol–water partition coefficient (Wildman–Crippen LogP) is 3.56. The van der Waals surface area contributed by atoms with E-state index in [0.29, 0.717) is 35.2 Å². The summed E-state index contributed by atoms with van der Waals surface area (Å²) in [5.74, 6) is 0.523. The van der Waals surface area contributed by atoms with Gasteiger partial charge in [-0.15, -0.1) is 0 Å². The van der Waals surface area contributed by atoms with Crippen molar-refractivity contribution in [3.63, 3.8) is 0 Å². The van der Waals surface area contributed by atoms with E-state index >= 15 is 0 Å². The van der Waals surface area contributed by atoms with E-state index in [1.54, 1.807) is 30.3 Å². The molecule has 0 saturated carbocycles. The van der Waals surface area contributed by atoms with Crippen molar-refractivity contribution in [3.05, 3.63) is 53.1 Å². The van der Waals surface area contributed by atoms with Crippen LogP contribution in [0.3, 0.4) is 0 Å². The number of sulfonamides is 1. The summed E-state index contributed by atoms with van der Waals surface area (Å²) in [4.78, 5) is 27.7. The van der Waals surface area contributed by atoms with Gasteiger partial charge in [-0.2, -0.15) is 0 Å². The zero-order valence-electron chi connectivity index (χ0n) is 20.7. The van der Waals surface area contributed by atoms with Crippen LogP contribution < -0.4 is 19.1 Å². The van der Waals surface area contributed by atoms with Crippen LogP contribution in [-0.2, 0) is 26.2 Å². The van der Waals surface area contributed by atoms with E-state index in [-0.39, 0.29) is 44.5 Å². The molecule has 1 aliphatic heterocycles. The maximum atomic E-state index is 13.4. The predicted molar refractivity (Wildman–Crippen MR) is 139 cm³/mol. The first-order valence-corrected chi connectivity index (χ1v) is 14.1. The number of hydrogen-bond donors (Lipinski definition) is 1. The number of likely N-dealkylation sites (N-methyl/N-ethyl adjacent to an activating group) is 1. The molecule has 0 radical (unpaired) electrons. The van der Waals surface area contributed by atoms with Gasteiger partial charge in [-0.25, -0.2) is 8.42 Å². The Morgan fingerprint density at radius 2 is 1.83 bits per heavy atom. The molecule has 196 valence electrons. The number of fused-ring (bicyclic) bond motifs is 1. The van der Waals surface area contributed by atoms with Crippen LogP contribution in [0, 0.1) is 0 Å². The first-order chi connectivity index (χ1) is 17.2. The SMILES string of the molecule is CCNC(=O)C(CC)N(Cc1ccccc1Cl)C(=O)CCCN(c1ccc2c(c1)OCO2)S(C)(=O)=O. The fourth-order valence-electron chi connectivity index (χ4n) is 4.07. The molecule has 1 heterocycles. The van der Waals surface area contributed by atoms with Gasteiger partial charge in [-0.3, -0.25) is 13.9 Å². The molecule has 0 spiro atoms. The molecule has 2 aromatic carbocycles. The van der Waals surface area contributed by atoms with Gasteiger partial charge in [0, 0.05) is 37.1 Å². The van der Waals surface area contributed by atoms with Gasteiger partial charge in [-0.05, 0) is 43.5 Å². The standard InChI is InChI=1S/C25H32ClN3O6S/c1-4-21(25(31)27-5-2)28(16-18-9-6-7-10-20(18)26)24(30)11-8-14-29(36(3,32)33)19-12-13-22-23(15-19)35-17-34-22/h6-7,9-10,12-13,15,21H,4-5,8,11,14,16-17H2,1-3H3,(H,27,31). The Morgan fingerprint density at radius 3 is 2.50 bits per heavy atom. The topological polar surface area (TPSA) is 105 Å². The number of benzene rings is 2. The Hall–Kier alpha value is -2.98. The number of rotatable bonds is 12. The van der Waals surface area contributed by atoms with E-state index in [1.807, 2.05) is 26.0 Å². The largest absolute Gasteiger partial charge is 0.454 e. The third-order valence-electron chi connectivity index (χ3n) is 5.83. The summed E-state index contributed by atoms with van der Waals surface area (Å²) in [6.07, 6.45) is 1.85. The number of hydrogen-bond acceptors (Lipinski definition) is 6. The van der Waals surface area contributed by atoms with Crippen LogP contribution in [0.2, 0.25) is 5.02 Å². The fraction of sp³-hybridized carbons (Fsp3) is 0.440. The minimum atomic E-state index is -3.62. The Balaban J connectivity index is 1.76. The Bertz CT molecular complexity index is 1190. The summed E-state index contributed by atoms with van der Waals surface area (Å²) in [7, 11) is -3.62. The van der Waals surface area contributed by atoms with Crippen molar-refractivity contribution < 1.29 is 27.5 Å². The van der Waals surface area contributed by atoms with Crippen LogP contribution in [0.25, 0.3) is 0 Å². The van der Waals surface area contributed by atoms with E-state index in [2.05, 4.69) is 5.32 Å². The highest BCUT2D eigenvalue weighted by Gasteiger charge is 2.29. The molecular formula is C25H32ClN3O6S. The van der Waals surface area contributed by atoms with Gasteiger partial charge >= 0.3 is 0 Å². The second kappa shape index (κ2) is 12.3. The minimum absolute atomic E-state index is 0.0525. The van der Waals surface area contributed by atoms with E-state index in [9.17, 15) is 18.0 Å². The van der Waals surface area contributed by atoms with Crippen LogP contribution in [-0.4, -0.2) is 57.3 Å². The van der Waals surface area contributed by atoms with Gasteiger partial charge in [-0.1, -0.05) is 36.7 Å². The Morgan fingerprint density at radius 1 is 1.11 bits per heavy atom. The molecule has 0 fully saturated rings. The maximum absolute atomic E-state index is 13.4. The van der Waals surface area contributed by atoms with Crippen molar-refractivity contribution in [2.45, 2.75) is 45.7 Å². The van der Waals surface area contributed by atoms with Gasteiger partial charge in [0.1, 0.15) is 6.04 Å². The molecule has 1 aliphatic rings. The summed E-state index contributed by atoms with van der Waals surface area (Å²) < 4.78 is 37.0. The first-order valence-electron chi connectivity index (χ1n) is 11.8. The smallest absolute Gasteiger partial charge is 0.242 e. The summed E-state index contributed by atoms with van der Waals surface area (Å²) >= 11 is 6.33. The summed E-state index contributed by atoms with van der Waals surface area (Å²) in [5, 5.41) is 3.30. The molecule has 9 nitrogen and oxygen atoms in total. The third-order valence-corrected chi connectivity index (χ3v) is 7.39. The molecule has 2 amide bonds. The van der Waals surface area contributed by atoms with Crippen molar-refractivity contribution in [2.24, 2.45) is 0 Å². The van der Waals surface area contributed by atoms with Gasteiger partial charge in [0.25, 0.3) is 0 Å². The van der Waals surface area contributed by atoms with E-state index in [1.165, 1.54) is 9.21 Å². The molecule has 1 atom stereocenters. The third kappa shape index (κ3) is 6.82. The van der Waals surface area contributed by atoms with Crippen molar-refractivity contribution in [3.8, 4) is 11.5 Å². The molecule has 36 heavy (non-hydrogen) atoms. The lowest BCUT2D eigenvalue weighted by molar-refractivity contribution is -0.141. The fourth-order valence-corrected chi connectivity index (χ4v) is 5.22. The second-order valence-electron chi connectivity index (χ2n) is 8.41. The zero-order chi connectivity index (χ0) is 26.3. The molecule has 0 aliphatic carbocycles. The average Bonchev–Trinajstić information content (AvgIpc) is 3.30. The molecule has 2 aromatic rings. The molecule has 11 heteroatoms. The van der Waals surface area contributed by atoms with E-state index < -0.39 is 16.1 Å². The number of halogens is 1. The van der Waals surface area contributed by atoms with Crippen LogP contribution in [0.4, 0.5) is 5.69 Å². The highest BCUT2D eigenvalue weighted by molar-refractivity contribution is 7.92. The van der Waals surface area contributed by atoms with Crippen LogP contribution >= 0.6 is 11.6 Å². The second-order valence-corrected chi connectivity index (χ2v) is 10.7. The van der Waals surface area contributed by atoms with Crippen molar-refractivity contribution >= 4 is 39.1 Å². The quantitative estimate of drug-likeness (QED) is 0.444. The number of carbonyl (C=O) groups is 2. The number of nitrogens with zero attached hydrogens (tertiary/aromatic N) is 2. The van der Waals surface area contributed by atoms with Crippen molar-refractivity contribution in [1.29, 1.82) is 0 Å². The minimum Gasteiger partial charge on any atom is -0.454 e. The molecule has 0 bridgehead atoms. The van der Waals surface area contributed by atoms with Crippen molar-refractivity contribution in [2.75, 3.05) is 30.4 Å². The highest BCUT2D eigenvalue weighted by atomic mass is 35.5. The van der Waals surface area contributed by atoms with Gasteiger partial charge in [0.15, 0.2) is 11.5 Å². The molecule has 1 unspecified atom stereocenters. The number of nitrogens with one attached hydrogen (secondary N) is 1. The number of anilines is 1. The Labute approximate surface area is 217 Å². The molecule has 1 N–H and O–H groups in total. The maximum Gasteiger partial charge on any atom is 0.242 e. The lowest BCUT2D eigenvalue weighted by Crippen LogP contribution is -2.49. The normalized spacial score (nSPS) is 13.2. The molecule has 0 saturated heterocycles. The first kappa shape index (κ1) is 27.6. The Kier molecular flexibility index (Phi) is 9.44. The van der Waals surface area contributed by atoms with E-state index in [0.717, 1.165) is 11.8 Å². The van der Waals surface area contributed by atoms with Gasteiger partial charge in [0.2, 0.25) is 28.6 Å².